The topological polar surface area (TPSA) is 70.1 Å². The molecule has 0 bridgehead atoms. The summed E-state index contributed by atoms with van der Waals surface area (Å²) in [4.78, 5) is 14.1. The molecule has 4 aromatic heterocycles. The van der Waals surface area contributed by atoms with Gasteiger partial charge in [0.2, 0.25) is 0 Å². The van der Waals surface area contributed by atoms with Gasteiger partial charge in [0.1, 0.15) is 17.9 Å². The van der Waals surface area contributed by atoms with Gasteiger partial charge in [-0.2, -0.15) is 0 Å². The van der Waals surface area contributed by atoms with E-state index in [4.69, 9.17) is 14.7 Å². The molecule has 0 atom stereocenters. The predicted molar refractivity (Wildman–Crippen MR) is 112 cm³/mol. The second-order valence-electron chi connectivity index (χ2n) is 7.08. The molecule has 0 radical (unpaired) electrons. The number of pyridine rings is 1. The lowest BCUT2D eigenvalue weighted by Gasteiger charge is -2.07. The smallest absolute Gasteiger partial charge is 0.185 e. The molecule has 144 valence electrons. The van der Waals surface area contributed by atoms with E-state index in [-0.39, 0.29) is 0 Å². The number of ether oxygens (including phenoxy) is 1. The molecule has 7 heteroatoms. The van der Waals surface area contributed by atoms with E-state index in [0.717, 1.165) is 50.6 Å². The Bertz CT molecular complexity index is 1380. The minimum Gasteiger partial charge on any atom is -0.496 e. The molecule has 0 saturated heterocycles. The summed E-state index contributed by atoms with van der Waals surface area (Å²) in [5, 5.41) is 5.62. The van der Waals surface area contributed by atoms with E-state index in [0.29, 0.717) is 5.82 Å². The van der Waals surface area contributed by atoms with Crippen molar-refractivity contribution in [3.05, 3.63) is 65.7 Å². The van der Waals surface area contributed by atoms with Crippen LogP contribution in [0.5, 0.6) is 5.75 Å². The molecule has 5 rings (SSSR count). The van der Waals surface area contributed by atoms with Crippen LogP contribution in [-0.2, 0) is 0 Å². The molecule has 0 saturated carbocycles. The minimum atomic E-state index is 0.607. The Morgan fingerprint density at radius 3 is 2.59 bits per heavy atom. The highest BCUT2D eigenvalue weighted by molar-refractivity contribution is 5.95. The van der Waals surface area contributed by atoms with Crippen molar-refractivity contribution in [1.29, 1.82) is 0 Å². The Balaban J connectivity index is 1.80. The van der Waals surface area contributed by atoms with Crippen LogP contribution >= 0.6 is 0 Å². The van der Waals surface area contributed by atoms with Gasteiger partial charge in [0.15, 0.2) is 17.1 Å². The van der Waals surface area contributed by atoms with E-state index in [1.165, 1.54) is 0 Å². The van der Waals surface area contributed by atoms with Crippen LogP contribution in [0, 0.1) is 20.8 Å². The van der Waals surface area contributed by atoms with Crippen molar-refractivity contribution in [2.45, 2.75) is 20.8 Å². The van der Waals surface area contributed by atoms with E-state index in [1.54, 1.807) is 18.0 Å². The van der Waals surface area contributed by atoms with Crippen LogP contribution in [0.3, 0.4) is 0 Å². The third-order valence-electron chi connectivity index (χ3n) is 5.31. The molecule has 4 heterocycles. The van der Waals surface area contributed by atoms with Crippen LogP contribution < -0.4 is 4.74 Å². The summed E-state index contributed by atoms with van der Waals surface area (Å²) in [6, 6.07) is 11.8. The maximum Gasteiger partial charge on any atom is 0.185 e. The maximum atomic E-state index is 5.48. The van der Waals surface area contributed by atoms with Crippen molar-refractivity contribution in [2.75, 3.05) is 7.11 Å². The van der Waals surface area contributed by atoms with E-state index in [2.05, 4.69) is 41.5 Å². The molecule has 1 aromatic carbocycles. The fourth-order valence-corrected chi connectivity index (χ4v) is 3.73. The van der Waals surface area contributed by atoms with Crippen molar-refractivity contribution < 1.29 is 4.74 Å². The molecule has 0 aliphatic carbocycles. The van der Waals surface area contributed by atoms with Gasteiger partial charge in [0.25, 0.3) is 0 Å². The SMILES string of the molecule is COc1ccccc1-c1nc2c3c(C)c(C)n(-c4cc(C)ccn4)c3ncn2n1. The third kappa shape index (κ3) is 2.58. The lowest BCUT2D eigenvalue weighted by atomic mass is 10.2. The van der Waals surface area contributed by atoms with Gasteiger partial charge in [0, 0.05) is 11.9 Å². The van der Waals surface area contributed by atoms with E-state index in [9.17, 15) is 0 Å². The zero-order chi connectivity index (χ0) is 20.1. The number of aromatic nitrogens is 6. The van der Waals surface area contributed by atoms with Gasteiger partial charge in [-0.05, 0) is 56.2 Å². The number of fused-ring (bicyclic) bond motifs is 3. The molecule has 0 N–H and O–H groups in total. The fourth-order valence-electron chi connectivity index (χ4n) is 3.73. The van der Waals surface area contributed by atoms with Gasteiger partial charge < -0.3 is 4.74 Å². The van der Waals surface area contributed by atoms with Gasteiger partial charge in [-0.25, -0.2) is 19.5 Å². The van der Waals surface area contributed by atoms with Gasteiger partial charge in [-0.15, -0.1) is 5.10 Å². The quantitative estimate of drug-likeness (QED) is 0.469. The van der Waals surface area contributed by atoms with Crippen molar-refractivity contribution in [3.8, 4) is 23.0 Å². The van der Waals surface area contributed by atoms with Gasteiger partial charge in [-0.3, -0.25) is 4.57 Å². The molecule has 7 nitrogen and oxygen atoms in total. The zero-order valence-corrected chi connectivity index (χ0v) is 16.7. The number of para-hydroxylation sites is 1. The lowest BCUT2D eigenvalue weighted by Crippen LogP contribution is -2.01. The Morgan fingerprint density at radius 2 is 1.79 bits per heavy atom. The Morgan fingerprint density at radius 1 is 0.966 bits per heavy atom. The van der Waals surface area contributed by atoms with Crippen molar-refractivity contribution in [2.24, 2.45) is 0 Å². The Labute approximate surface area is 167 Å². The summed E-state index contributed by atoms with van der Waals surface area (Å²) in [5.74, 6) is 2.19. The van der Waals surface area contributed by atoms with Crippen LogP contribution in [-0.4, -0.2) is 36.2 Å². The largest absolute Gasteiger partial charge is 0.496 e. The number of hydrogen-bond acceptors (Lipinski definition) is 5. The number of benzene rings is 1. The number of aryl methyl sites for hydroxylation is 2. The first-order valence-electron chi connectivity index (χ1n) is 9.38. The molecule has 0 aliphatic heterocycles. The molecule has 5 aromatic rings. The highest BCUT2D eigenvalue weighted by Crippen LogP contribution is 2.32. The molecular formula is C22H20N6O. The number of methoxy groups -OCH3 is 1. The summed E-state index contributed by atoms with van der Waals surface area (Å²) < 4.78 is 9.29. The van der Waals surface area contributed by atoms with Crippen LogP contribution in [0.25, 0.3) is 33.9 Å². The van der Waals surface area contributed by atoms with Gasteiger partial charge >= 0.3 is 0 Å². The summed E-state index contributed by atoms with van der Waals surface area (Å²) in [5.41, 5.74) is 5.78. The van der Waals surface area contributed by atoms with E-state index < -0.39 is 0 Å². The van der Waals surface area contributed by atoms with Gasteiger partial charge in [-0.1, -0.05) is 12.1 Å². The van der Waals surface area contributed by atoms with E-state index in [1.807, 2.05) is 36.5 Å². The average molecular weight is 384 g/mol. The van der Waals surface area contributed by atoms with Crippen LogP contribution in [0.15, 0.2) is 48.9 Å². The number of hydrogen-bond donors (Lipinski definition) is 0. The summed E-state index contributed by atoms with van der Waals surface area (Å²) in [7, 11) is 1.65. The van der Waals surface area contributed by atoms with Crippen molar-refractivity contribution in [1.82, 2.24) is 29.1 Å². The first-order valence-corrected chi connectivity index (χ1v) is 9.38. The molecule has 0 aliphatic rings. The molecule has 0 amide bonds. The Kier molecular flexibility index (Phi) is 3.84. The van der Waals surface area contributed by atoms with Crippen LogP contribution in [0.4, 0.5) is 0 Å². The van der Waals surface area contributed by atoms with Crippen molar-refractivity contribution >= 4 is 16.7 Å². The summed E-state index contributed by atoms with van der Waals surface area (Å²) in [6.45, 7) is 6.22. The zero-order valence-electron chi connectivity index (χ0n) is 16.7. The minimum absolute atomic E-state index is 0.607. The van der Waals surface area contributed by atoms with Crippen LogP contribution in [0.2, 0.25) is 0 Å². The second kappa shape index (κ2) is 6.41. The van der Waals surface area contributed by atoms with Crippen LogP contribution in [0.1, 0.15) is 16.8 Å². The van der Waals surface area contributed by atoms with Crippen molar-refractivity contribution in [3.63, 3.8) is 0 Å². The van der Waals surface area contributed by atoms with Gasteiger partial charge in [0.05, 0.1) is 18.1 Å². The second-order valence-corrected chi connectivity index (χ2v) is 7.08. The maximum absolute atomic E-state index is 5.48. The fraction of sp³-hybridized carbons (Fsp3) is 0.182. The highest BCUT2D eigenvalue weighted by Gasteiger charge is 2.20. The standard InChI is InChI=1S/C22H20N6O/c1-13-9-10-23-18(11-13)28-15(3)14(2)19-21(28)24-12-27-22(19)25-20(26-27)16-7-5-6-8-17(16)29-4/h5-12H,1-4H3. The molecule has 0 fully saturated rings. The third-order valence-corrected chi connectivity index (χ3v) is 5.31. The normalized spacial score (nSPS) is 11.4. The number of nitrogens with zero attached hydrogens (tertiary/aromatic N) is 6. The summed E-state index contributed by atoms with van der Waals surface area (Å²) >= 11 is 0. The monoisotopic (exact) mass is 384 g/mol. The molecule has 0 spiro atoms. The first kappa shape index (κ1) is 17.4. The van der Waals surface area contributed by atoms with E-state index >= 15 is 0 Å². The number of rotatable bonds is 3. The summed E-state index contributed by atoms with van der Waals surface area (Å²) in [6.07, 6.45) is 3.52. The predicted octanol–water partition coefficient (Wildman–Crippen LogP) is 4.06. The molecular weight excluding hydrogens is 364 g/mol. The first-order chi connectivity index (χ1) is 14.1. The highest BCUT2D eigenvalue weighted by atomic mass is 16.5. The average Bonchev–Trinajstić information content (AvgIpc) is 3.27. The molecule has 29 heavy (non-hydrogen) atoms. The molecule has 0 unspecified atom stereocenters. The lowest BCUT2D eigenvalue weighted by molar-refractivity contribution is 0.416. The Hall–Kier alpha value is -3.74.